The van der Waals surface area contributed by atoms with Crippen molar-refractivity contribution >= 4 is 17.6 Å². The third-order valence-corrected chi connectivity index (χ3v) is 5.87. The topological polar surface area (TPSA) is 56.8 Å². The van der Waals surface area contributed by atoms with Gasteiger partial charge in [0.05, 0.1) is 0 Å². The fourth-order valence-corrected chi connectivity index (χ4v) is 4.14. The Morgan fingerprint density at radius 1 is 0.793 bits per heavy atom. The van der Waals surface area contributed by atoms with Crippen LogP contribution < -0.4 is 4.90 Å². The van der Waals surface area contributed by atoms with E-state index in [1.165, 1.54) is 11.1 Å². The van der Waals surface area contributed by atoms with Gasteiger partial charge in [0.2, 0.25) is 11.8 Å². The smallest absolute Gasteiger partial charge is 0.222 e. The molecular weight excluding hydrogens is 364 g/mol. The summed E-state index contributed by atoms with van der Waals surface area (Å²) < 4.78 is 0. The summed E-state index contributed by atoms with van der Waals surface area (Å²) in [6.45, 7) is 4.50. The number of fused-ring (bicyclic) bond motifs is 1. The normalized spacial score (nSPS) is 16.5. The molecule has 0 aliphatic carbocycles. The van der Waals surface area contributed by atoms with Crippen LogP contribution >= 0.6 is 0 Å². The number of benzene rings is 1. The quantitative estimate of drug-likeness (QED) is 0.785. The number of nitrogens with zero attached hydrogens (tertiary/aromatic N) is 4. The van der Waals surface area contributed by atoms with Crippen molar-refractivity contribution in [2.45, 2.75) is 32.2 Å². The molecule has 29 heavy (non-hydrogen) atoms. The molecule has 3 heterocycles. The largest absolute Gasteiger partial charge is 0.353 e. The monoisotopic (exact) mass is 392 g/mol. The van der Waals surface area contributed by atoms with Crippen molar-refractivity contribution in [3.05, 3.63) is 59.8 Å². The van der Waals surface area contributed by atoms with Crippen LogP contribution in [0.1, 0.15) is 30.4 Å². The minimum atomic E-state index is 0.155. The highest BCUT2D eigenvalue weighted by atomic mass is 16.2. The van der Waals surface area contributed by atoms with E-state index < -0.39 is 0 Å². The molecule has 0 spiro atoms. The summed E-state index contributed by atoms with van der Waals surface area (Å²) >= 11 is 0. The van der Waals surface area contributed by atoms with Crippen LogP contribution in [0.25, 0.3) is 0 Å². The van der Waals surface area contributed by atoms with Crippen molar-refractivity contribution in [1.29, 1.82) is 0 Å². The Hall–Kier alpha value is -2.89. The average molecular weight is 393 g/mol. The van der Waals surface area contributed by atoms with E-state index in [1.807, 2.05) is 34.1 Å². The summed E-state index contributed by atoms with van der Waals surface area (Å²) in [4.78, 5) is 35.5. The zero-order valence-corrected chi connectivity index (χ0v) is 16.8. The van der Waals surface area contributed by atoms with Gasteiger partial charge in [0.1, 0.15) is 5.82 Å². The van der Waals surface area contributed by atoms with Crippen LogP contribution in [0.4, 0.5) is 5.82 Å². The molecule has 2 amide bonds. The number of hydrogen-bond acceptors (Lipinski definition) is 4. The van der Waals surface area contributed by atoms with Gasteiger partial charge in [0, 0.05) is 58.3 Å². The molecule has 2 aromatic rings. The molecule has 2 aliphatic rings. The van der Waals surface area contributed by atoms with Gasteiger partial charge in [-0.05, 0) is 36.1 Å². The Morgan fingerprint density at radius 2 is 1.48 bits per heavy atom. The summed E-state index contributed by atoms with van der Waals surface area (Å²) in [5, 5.41) is 0. The van der Waals surface area contributed by atoms with Crippen molar-refractivity contribution in [1.82, 2.24) is 14.8 Å². The number of amides is 2. The third-order valence-electron chi connectivity index (χ3n) is 5.87. The van der Waals surface area contributed by atoms with E-state index in [0.717, 1.165) is 31.9 Å². The fourth-order valence-electron chi connectivity index (χ4n) is 4.14. The summed E-state index contributed by atoms with van der Waals surface area (Å²) in [7, 11) is 0. The van der Waals surface area contributed by atoms with Crippen molar-refractivity contribution in [2.24, 2.45) is 0 Å². The van der Waals surface area contributed by atoms with Crippen LogP contribution in [-0.2, 0) is 22.6 Å². The Bertz CT molecular complexity index is 847. The first-order valence-electron chi connectivity index (χ1n) is 10.5. The minimum Gasteiger partial charge on any atom is -0.353 e. The van der Waals surface area contributed by atoms with E-state index in [0.29, 0.717) is 38.9 Å². The number of pyridine rings is 1. The number of hydrogen-bond donors (Lipinski definition) is 0. The van der Waals surface area contributed by atoms with Gasteiger partial charge in [-0.1, -0.05) is 30.3 Å². The van der Waals surface area contributed by atoms with Gasteiger partial charge in [-0.2, -0.15) is 0 Å². The van der Waals surface area contributed by atoms with Crippen molar-refractivity contribution < 1.29 is 9.59 Å². The zero-order chi connectivity index (χ0) is 20.1. The van der Waals surface area contributed by atoms with E-state index in [4.69, 9.17) is 0 Å². The molecule has 1 fully saturated rings. The van der Waals surface area contributed by atoms with E-state index >= 15 is 0 Å². The van der Waals surface area contributed by atoms with Gasteiger partial charge in [-0.3, -0.25) is 9.59 Å². The predicted molar refractivity (Wildman–Crippen MR) is 112 cm³/mol. The standard InChI is InChI=1S/C23H28N4O2/c28-22(26-16-14-25(15-17-26)21-8-3-4-12-24-21)9-5-10-23(29)27-13-11-19-6-1-2-7-20(19)18-27/h1-4,6-8,12H,5,9-11,13-18H2. The second-order valence-corrected chi connectivity index (χ2v) is 7.74. The molecule has 152 valence electrons. The first kappa shape index (κ1) is 19.4. The number of carbonyl (C=O) groups excluding carboxylic acids is 2. The van der Waals surface area contributed by atoms with Crippen LogP contribution in [0, 0.1) is 0 Å². The molecule has 6 heteroatoms. The average Bonchev–Trinajstić information content (AvgIpc) is 2.79. The van der Waals surface area contributed by atoms with E-state index in [9.17, 15) is 9.59 Å². The van der Waals surface area contributed by atoms with Gasteiger partial charge >= 0.3 is 0 Å². The molecule has 0 N–H and O–H groups in total. The number of aromatic nitrogens is 1. The van der Waals surface area contributed by atoms with Crippen LogP contribution in [0.15, 0.2) is 48.7 Å². The zero-order valence-electron chi connectivity index (χ0n) is 16.8. The molecule has 2 aliphatic heterocycles. The van der Waals surface area contributed by atoms with Crippen molar-refractivity contribution in [3.8, 4) is 0 Å². The molecule has 0 unspecified atom stereocenters. The summed E-state index contributed by atoms with van der Waals surface area (Å²) in [6, 6.07) is 14.2. The molecule has 1 saturated heterocycles. The third kappa shape index (κ3) is 4.75. The fraction of sp³-hybridized carbons (Fsp3) is 0.435. The lowest BCUT2D eigenvalue weighted by molar-refractivity contribution is -0.133. The van der Waals surface area contributed by atoms with E-state index in [-0.39, 0.29) is 11.8 Å². The lowest BCUT2D eigenvalue weighted by Gasteiger charge is -2.35. The maximum absolute atomic E-state index is 12.6. The molecule has 0 atom stereocenters. The van der Waals surface area contributed by atoms with Gasteiger partial charge in [0.15, 0.2) is 0 Å². The Morgan fingerprint density at radius 3 is 2.21 bits per heavy atom. The van der Waals surface area contributed by atoms with E-state index in [2.05, 4.69) is 28.1 Å². The SMILES string of the molecule is O=C(CCCC(=O)N1CCc2ccccc2C1)N1CCN(c2ccccn2)CC1. The van der Waals surface area contributed by atoms with Gasteiger partial charge < -0.3 is 14.7 Å². The Kier molecular flexibility index (Phi) is 6.08. The molecule has 0 saturated carbocycles. The van der Waals surface area contributed by atoms with Crippen LogP contribution in [0.5, 0.6) is 0 Å². The van der Waals surface area contributed by atoms with Crippen molar-refractivity contribution in [3.63, 3.8) is 0 Å². The van der Waals surface area contributed by atoms with Crippen LogP contribution in [0.3, 0.4) is 0 Å². The second-order valence-electron chi connectivity index (χ2n) is 7.74. The predicted octanol–water partition coefficient (Wildman–Crippen LogP) is 2.49. The van der Waals surface area contributed by atoms with Crippen LogP contribution in [-0.4, -0.2) is 59.3 Å². The molecule has 4 rings (SSSR count). The Balaban J connectivity index is 1.18. The second kappa shape index (κ2) is 9.07. The Labute approximate surface area is 172 Å². The molecule has 0 bridgehead atoms. The highest BCUT2D eigenvalue weighted by molar-refractivity contribution is 5.79. The van der Waals surface area contributed by atoms with Gasteiger partial charge in [-0.15, -0.1) is 0 Å². The molecule has 0 radical (unpaired) electrons. The summed E-state index contributed by atoms with van der Waals surface area (Å²) in [5.41, 5.74) is 2.59. The first-order valence-corrected chi connectivity index (χ1v) is 10.5. The highest BCUT2D eigenvalue weighted by Gasteiger charge is 2.23. The van der Waals surface area contributed by atoms with E-state index in [1.54, 1.807) is 6.20 Å². The highest BCUT2D eigenvalue weighted by Crippen LogP contribution is 2.20. The first-order chi connectivity index (χ1) is 14.2. The summed E-state index contributed by atoms with van der Waals surface area (Å²) in [6.07, 6.45) is 4.23. The molecule has 6 nitrogen and oxygen atoms in total. The minimum absolute atomic E-state index is 0.155. The summed E-state index contributed by atoms with van der Waals surface area (Å²) in [5.74, 6) is 1.28. The number of carbonyl (C=O) groups is 2. The lowest BCUT2D eigenvalue weighted by atomic mass is 9.99. The number of rotatable bonds is 5. The lowest BCUT2D eigenvalue weighted by Crippen LogP contribution is -2.49. The molecule has 1 aromatic carbocycles. The number of piperazine rings is 1. The van der Waals surface area contributed by atoms with Crippen molar-refractivity contribution in [2.75, 3.05) is 37.6 Å². The van der Waals surface area contributed by atoms with Gasteiger partial charge in [0.25, 0.3) is 0 Å². The molecular formula is C23H28N4O2. The van der Waals surface area contributed by atoms with Crippen LogP contribution in [0.2, 0.25) is 0 Å². The number of anilines is 1. The maximum atomic E-state index is 12.6. The van der Waals surface area contributed by atoms with Gasteiger partial charge in [-0.25, -0.2) is 4.98 Å². The molecule has 1 aromatic heterocycles. The maximum Gasteiger partial charge on any atom is 0.222 e.